The van der Waals surface area contributed by atoms with Crippen LogP contribution in [0.25, 0.3) is 0 Å². The minimum atomic E-state index is -1.86. The van der Waals surface area contributed by atoms with Crippen LogP contribution in [0.3, 0.4) is 0 Å². The Hall–Kier alpha value is -3.24. The summed E-state index contributed by atoms with van der Waals surface area (Å²) in [5.41, 5.74) is 1.88. The van der Waals surface area contributed by atoms with E-state index in [1.807, 2.05) is 54.6 Å². The standard InChI is InChI=1S/C25H23NO3/c1-2-18-12-14-20(15-13-18)23(27)16-25(29)21-10-6-7-11-22(21)26(24(25)28)17-19-8-4-3-5-9-19/h3-15,29H,2,16-17H2,1H3/t25-/m0/s1. The van der Waals surface area contributed by atoms with Crippen molar-refractivity contribution < 1.29 is 14.7 Å². The molecule has 29 heavy (non-hydrogen) atoms. The van der Waals surface area contributed by atoms with Crippen LogP contribution < -0.4 is 4.90 Å². The molecule has 1 N–H and O–H groups in total. The molecule has 1 aliphatic rings. The average Bonchev–Trinajstić information content (AvgIpc) is 2.96. The van der Waals surface area contributed by atoms with Crippen molar-refractivity contribution in [3.05, 3.63) is 101 Å². The van der Waals surface area contributed by atoms with Gasteiger partial charge in [-0.2, -0.15) is 0 Å². The Labute approximate surface area is 170 Å². The van der Waals surface area contributed by atoms with E-state index < -0.39 is 11.5 Å². The fourth-order valence-corrected chi connectivity index (χ4v) is 3.86. The maximum Gasteiger partial charge on any atom is 0.264 e. The highest BCUT2D eigenvalue weighted by molar-refractivity contribution is 6.10. The van der Waals surface area contributed by atoms with Crippen molar-refractivity contribution in [3.8, 4) is 0 Å². The molecule has 0 aliphatic carbocycles. The summed E-state index contributed by atoms with van der Waals surface area (Å²) < 4.78 is 0. The van der Waals surface area contributed by atoms with Crippen molar-refractivity contribution in [1.82, 2.24) is 0 Å². The van der Waals surface area contributed by atoms with Crippen molar-refractivity contribution in [3.63, 3.8) is 0 Å². The lowest BCUT2D eigenvalue weighted by Crippen LogP contribution is -2.41. The van der Waals surface area contributed by atoms with Gasteiger partial charge in [0.15, 0.2) is 11.4 Å². The van der Waals surface area contributed by atoms with Crippen LogP contribution >= 0.6 is 0 Å². The van der Waals surface area contributed by atoms with Gasteiger partial charge in [0.1, 0.15) is 0 Å². The summed E-state index contributed by atoms with van der Waals surface area (Å²) in [6.07, 6.45) is 0.609. The van der Waals surface area contributed by atoms with Crippen molar-refractivity contribution >= 4 is 17.4 Å². The minimum Gasteiger partial charge on any atom is -0.375 e. The van der Waals surface area contributed by atoms with Gasteiger partial charge in [-0.05, 0) is 23.6 Å². The highest BCUT2D eigenvalue weighted by atomic mass is 16.3. The van der Waals surface area contributed by atoms with Gasteiger partial charge in [-0.1, -0.05) is 79.7 Å². The number of amides is 1. The predicted octanol–water partition coefficient (Wildman–Crippen LogP) is 4.26. The molecule has 4 heteroatoms. The van der Waals surface area contributed by atoms with Gasteiger partial charge in [-0.25, -0.2) is 0 Å². The first-order valence-corrected chi connectivity index (χ1v) is 9.83. The number of ketones is 1. The van der Waals surface area contributed by atoms with E-state index in [0.717, 1.165) is 17.5 Å². The molecule has 0 bridgehead atoms. The van der Waals surface area contributed by atoms with Gasteiger partial charge in [-0.15, -0.1) is 0 Å². The molecule has 0 radical (unpaired) electrons. The van der Waals surface area contributed by atoms with Gasteiger partial charge in [0.25, 0.3) is 5.91 Å². The zero-order chi connectivity index (χ0) is 20.4. The quantitative estimate of drug-likeness (QED) is 0.645. The fraction of sp³-hybridized carbons (Fsp3) is 0.200. The second kappa shape index (κ2) is 7.64. The highest BCUT2D eigenvalue weighted by Crippen LogP contribution is 2.43. The number of hydrogen-bond acceptors (Lipinski definition) is 3. The van der Waals surface area contributed by atoms with Gasteiger partial charge < -0.3 is 10.0 Å². The molecule has 4 nitrogen and oxygen atoms in total. The molecule has 146 valence electrons. The second-order valence-electron chi connectivity index (χ2n) is 7.40. The first kappa shape index (κ1) is 19.1. The van der Waals surface area contributed by atoms with E-state index in [0.29, 0.717) is 23.4 Å². The molecule has 3 aromatic carbocycles. The zero-order valence-corrected chi connectivity index (χ0v) is 16.3. The number of carbonyl (C=O) groups excluding carboxylic acids is 2. The minimum absolute atomic E-state index is 0.250. The normalized spacial score (nSPS) is 18.0. The molecule has 0 fully saturated rings. The molecule has 0 saturated carbocycles. The predicted molar refractivity (Wildman–Crippen MR) is 113 cm³/mol. The van der Waals surface area contributed by atoms with Crippen LogP contribution in [0.5, 0.6) is 0 Å². The SMILES string of the molecule is CCc1ccc(C(=O)C[C@@]2(O)C(=O)N(Cc3ccccc3)c3ccccc32)cc1. The van der Waals surface area contributed by atoms with Crippen LogP contribution in [0.15, 0.2) is 78.9 Å². The Balaban J connectivity index is 1.65. The van der Waals surface area contributed by atoms with Crippen molar-refractivity contribution in [2.45, 2.75) is 31.9 Å². The van der Waals surface area contributed by atoms with Crippen LogP contribution in [0.2, 0.25) is 0 Å². The first-order chi connectivity index (χ1) is 14.0. The van der Waals surface area contributed by atoms with E-state index in [-0.39, 0.29) is 12.2 Å². The maximum absolute atomic E-state index is 13.3. The molecular weight excluding hydrogens is 362 g/mol. The maximum atomic E-state index is 13.3. The smallest absolute Gasteiger partial charge is 0.264 e. The molecule has 0 unspecified atom stereocenters. The van der Waals surface area contributed by atoms with Gasteiger partial charge >= 0.3 is 0 Å². The highest BCUT2D eigenvalue weighted by Gasteiger charge is 2.50. The second-order valence-corrected chi connectivity index (χ2v) is 7.40. The molecule has 0 spiro atoms. The molecular formula is C25H23NO3. The summed E-state index contributed by atoms with van der Waals surface area (Å²) >= 11 is 0. The Morgan fingerprint density at radius 1 is 0.897 bits per heavy atom. The zero-order valence-electron chi connectivity index (χ0n) is 16.3. The summed E-state index contributed by atoms with van der Waals surface area (Å²) in [5, 5.41) is 11.4. The van der Waals surface area contributed by atoms with Crippen molar-refractivity contribution in [2.75, 3.05) is 4.90 Å². The van der Waals surface area contributed by atoms with Crippen LogP contribution in [0, 0.1) is 0 Å². The lowest BCUT2D eigenvalue weighted by atomic mass is 9.88. The number of carbonyl (C=O) groups is 2. The number of rotatable bonds is 6. The molecule has 3 aromatic rings. The topological polar surface area (TPSA) is 57.6 Å². The number of Topliss-reactive ketones (excluding diaryl/α,β-unsaturated/α-hetero) is 1. The number of fused-ring (bicyclic) bond motifs is 1. The number of aryl methyl sites for hydroxylation is 1. The van der Waals surface area contributed by atoms with Crippen LogP contribution in [-0.4, -0.2) is 16.8 Å². The third-order valence-corrected chi connectivity index (χ3v) is 5.52. The number of para-hydroxylation sites is 1. The molecule has 0 saturated heterocycles. The Morgan fingerprint density at radius 2 is 1.55 bits per heavy atom. The van der Waals surface area contributed by atoms with Crippen LogP contribution in [0.1, 0.15) is 40.4 Å². The monoisotopic (exact) mass is 385 g/mol. The molecule has 1 aliphatic heterocycles. The summed E-state index contributed by atoms with van der Waals surface area (Å²) in [7, 11) is 0. The van der Waals surface area contributed by atoms with E-state index in [9.17, 15) is 14.7 Å². The van der Waals surface area contributed by atoms with E-state index in [2.05, 4.69) is 6.92 Å². The largest absolute Gasteiger partial charge is 0.375 e. The van der Waals surface area contributed by atoms with E-state index in [1.54, 1.807) is 29.2 Å². The van der Waals surface area contributed by atoms with Gasteiger partial charge in [0.05, 0.1) is 18.7 Å². The Morgan fingerprint density at radius 3 is 2.24 bits per heavy atom. The number of anilines is 1. The van der Waals surface area contributed by atoms with Gasteiger partial charge in [0, 0.05) is 11.1 Å². The third kappa shape index (κ3) is 3.47. The number of hydrogen-bond donors (Lipinski definition) is 1. The number of aliphatic hydroxyl groups is 1. The fourth-order valence-electron chi connectivity index (χ4n) is 3.86. The third-order valence-electron chi connectivity index (χ3n) is 5.52. The molecule has 0 aromatic heterocycles. The van der Waals surface area contributed by atoms with Crippen molar-refractivity contribution in [1.29, 1.82) is 0 Å². The Bertz CT molecular complexity index is 1040. The van der Waals surface area contributed by atoms with Crippen LogP contribution in [-0.2, 0) is 23.4 Å². The lowest BCUT2D eigenvalue weighted by molar-refractivity contribution is -0.136. The molecule has 1 amide bonds. The summed E-state index contributed by atoms with van der Waals surface area (Å²) in [6, 6.07) is 24.1. The van der Waals surface area contributed by atoms with E-state index in [1.165, 1.54) is 0 Å². The molecule has 1 heterocycles. The number of nitrogens with zero attached hydrogens (tertiary/aromatic N) is 1. The average molecular weight is 385 g/mol. The summed E-state index contributed by atoms with van der Waals surface area (Å²) in [4.78, 5) is 27.7. The molecule has 4 rings (SSSR count). The summed E-state index contributed by atoms with van der Waals surface area (Å²) in [5.74, 6) is -0.707. The Kier molecular flexibility index (Phi) is 5.03. The lowest BCUT2D eigenvalue weighted by Gasteiger charge is -2.23. The number of benzene rings is 3. The van der Waals surface area contributed by atoms with Crippen molar-refractivity contribution in [2.24, 2.45) is 0 Å². The van der Waals surface area contributed by atoms with Gasteiger partial charge in [-0.3, -0.25) is 9.59 Å². The first-order valence-electron chi connectivity index (χ1n) is 9.83. The van der Waals surface area contributed by atoms with Gasteiger partial charge in [0.2, 0.25) is 0 Å². The van der Waals surface area contributed by atoms with E-state index in [4.69, 9.17) is 0 Å². The van der Waals surface area contributed by atoms with Crippen LogP contribution in [0.4, 0.5) is 5.69 Å². The summed E-state index contributed by atoms with van der Waals surface area (Å²) in [6.45, 7) is 2.40. The molecule has 1 atom stereocenters. The van der Waals surface area contributed by atoms with E-state index >= 15 is 0 Å².